The fourth-order valence-electron chi connectivity index (χ4n) is 5.00. The van der Waals surface area contributed by atoms with Crippen molar-refractivity contribution in [2.75, 3.05) is 66.1 Å². The Morgan fingerprint density at radius 2 is 0.725 bits per heavy atom. The zero-order valence-corrected chi connectivity index (χ0v) is 22.1. The summed E-state index contributed by atoms with van der Waals surface area (Å²) in [7, 11) is 0. The predicted molar refractivity (Wildman–Crippen MR) is 149 cm³/mol. The molecule has 0 bridgehead atoms. The lowest BCUT2D eigenvalue weighted by atomic mass is 9.81. The number of hydrogen-bond acceptors (Lipinski definition) is 8. The normalized spacial score (nSPS) is 17.6. The molecule has 1 heterocycles. The lowest BCUT2D eigenvalue weighted by Gasteiger charge is -2.20. The second kappa shape index (κ2) is 12.1. The van der Waals surface area contributed by atoms with Crippen LogP contribution >= 0.6 is 0 Å². The summed E-state index contributed by atoms with van der Waals surface area (Å²) in [6.45, 7) is 4.23. The molecule has 0 aromatic heterocycles. The van der Waals surface area contributed by atoms with Gasteiger partial charge in [0.15, 0.2) is 23.1 Å². The molecule has 1 aliphatic heterocycles. The largest absolute Gasteiger partial charge is 0.487 e. The molecule has 0 saturated carbocycles. The molecule has 4 aromatic carbocycles. The van der Waals surface area contributed by atoms with Crippen LogP contribution < -0.4 is 9.47 Å². The maximum absolute atomic E-state index is 13.6. The van der Waals surface area contributed by atoms with Crippen LogP contribution in [0.2, 0.25) is 0 Å². The standard InChI is InChI=1S/C32H30O8/c33-31-25-15-21-3-1-2-4-22(21)16-26(25)32(34)28-18-24-20-30-29(19-23(24)17-27(28)31)39-13-11-37-9-7-35-5-6-36-8-10-38-12-14-40-30/h1-4,15-20H,5-14H2. The van der Waals surface area contributed by atoms with Crippen LogP contribution in [0.5, 0.6) is 11.5 Å². The smallest absolute Gasteiger partial charge is 0.194 e. The zero-order chi connectivity index (χ0) is 27.3. The molecule has 0 spiro atoms. The third-order valence-electron chi connectivity index (χ3n) is 6.99. The quantitative estimate of drug-likeness (QED) is 0.280. The Bertz CT molecular complexity index is 1450. The molecule has 40 heavy (non-hydrogen) atoms. The predicted octanol–water partition coefficient (Wildman–Crippen LogP) is 4.61. The summed E-state index contributed by atoms with van der Waals surface area (Å²) in [5, 5.41) is 3.39. The topological polar surface area (TPSA) is 89.5 Å². The molecule has 2 aliphatic rings. The molecule has 0 atom stereocenters. The fraction of sp³-hybridized carbons (Fsp3) is 0.312. The van der Waals surface area contributed by atoms with Gasteiger partial charge >= 0.3 is 0 Å². The van der Waals surface area contributed by atoms with Crippen LogP contribution in [0.1, 0.15) is 31.8 Å². The van der Waals surface area contributed by atoms with Crippen LogP contribution in [-0.2, 0) is 18.9 Å². The van der Waals surface area contributed by atoms with E-state index in [4.69, 9.17) is 28.4 Å². The summed E-state index contributed by atoms with van der Waals surface area (Å²) in [4.78, 5) is 27.2. The lowest BCUT2D eigenvalue weighted by molar-refractivity contribution is -0.00840. The Hall–Kier alpha value is -3.82. The number of ether oxygens (including phenoxy) is 6. The van der Waals surface area contributed by atoms with Gasteiger partial charge in [0.05, 0.1) is 52.9 Å². The number of benzene rings is 4. The maximum atomic E-state index is 13.6. The highest BCUT2D eigenvalue weighted by atomic mass is 16.6. The van der Waals surface area contributed by atoms with Crippen molar-refractivity contribution in [1.29, 1.82) is 0 Å². The van der Waals surface area contributed by atoms with E-state index in [0.29, 0.717) is 99.8 Å². The number of carbonyl (C=O) groups excluding carboxylic acids is 2. The molecule has 4 aromatic rings. The van der Waals surface area contributed by atoms with Crippen LogP contribution in [0.15, 0.2) is 60.7 Å². The van der Waals surface area contributed by atoms with Crippen LogP contribution in [-0.4, -0.2) is 77.6 Å². The van der Waals surface area contributed by atoms with Crippen molar-refractivity contribution in [3.05, 3.63) is 82.9 Å². The molecule has 6 rings (SSSR count). The molecule has 8 nitrogen and oxygen atoms in total. The Morgan fingerprint density at radius 3 is 1.10 bits per heavy atom. The maximum Gasteiger partial charge on any atom is 0.194 e. The molecule has 1 aliphatic carbocycles. The Balaban J connectivity index is 1.31. The van der Waals surface area contributed by atoms with Gasteiger partial charge in [0.25, 0.3) is 0 Å². The van der Waals surface area contributed by atoms with Gasteiger partial charge in [-0.15, -0.1) is 0 Å². The molecule has 8 heteroatoms. The van der Waals surface area contributed by atoms with E-state index in [9.17, 15) is 9.59 Å². The first-order chi connectivity index (χ1) is 19.7. The fourth-order valence-corrected chi connectivity index (χ4v) is 5.00. The summed E-state index contributed by atoms with van der Waals surface area (Å²) in [5.74, 6) is 0.727. The summed E-state index contributed by atoms with van der Waals surface area (Å²) in [6.07, 6.45) is 0. The average molecular weight is 543 g/mol. The van der Waals surface area contributed by atoms with Crippen molar-refractivity contribution in [2.45, 2.75) is 0 Å². The average Bonchev–Trinajstić information content (AvgIpc) is 2.97. The summed E-state index contributed by atoms with van der Waals surface area (Å²) >= 11 is 0. The van der Waals surface area contributed by atoms with Gasteiger partial charge in [0, 0.05) is 22.3 Å². The van der Waals surface area contributed by atoms with Crippen molar-refractivity contribution in [1.82, 2.24) is 0 Å². The number of ketones is 2. The molecule has 0 unspecified atom stereocenters. The van der Waals surface area contributed by atoms with Crippen molar-refractivity contribution in [2.24, 2.45) is 0 Å². The van der Waals surface area contributed by atoms with Gasteiger partial charge in [-0.2, -0.15) is 0 Å². The number of hydrogen-bond donors (Lipinski definition) is 0. The molecule has 0 fully saturated rings. The van der Waals surface area contributed by atoms with Crippen molar-refractivity contribution >= 4 is 33.1 Å². The Morgan fingerprint density at radius 1 is 0.400 bits per heavy atom. The van der Waals surface area contributed by atoms with E-state index >= 15 is 0 Å². The third-order valence-corrected chi connectivity index (χ3v) is 6.99. The van der Waals surface area contributed by atoms with E-state index in [1.54, 1.807) is 12.1 Å². The molecule has 0 N–H and O–H groups in total. The van der Waals surface area contributed by atoms with Crippen LogP contribution in [0.25, 0.3) is 21.5 Å². The van der Waals surface area contributed by atoms with Gasteiger partial charge in [0.1, 0.15) is 13.2 Å². The first-order valence-corrected chi connectivity index (χ1v) is 13.5. The molecule has 0 saturated heterocycles. The van der Waals surface area contributed by atoms with Crippen molar-refractivity contribution < 1.29 is 38.0 Å². The molecule has 206 valence electrons. The van der Waals surface area contributed by atoms with E-state index in [0.717, 1.165) is 21.5 Å². The molecule has 0 amide bonds. The summed E-state index contributed by atoms with van der Waals surface area (Å²) < 4.78 is 34.3. The minimum absolute atomic E-state index is 0.162. The van der Waals surface area contributed by atoms with Crippen LogP contribution in [0.4, 0.5) is 0 Å². The van der Waals surface area contributed by atoms with E-state index in [1.807, 2.05) is 48.5 Å². The van der Waals surface area contributed by atoms with Crippen LogP contribution in [0.3, 0.4) is 0 Å². The second-order valence-electron chi connectivity index (χ2n) is 9.59. The first-order valence-electron chi connectivity index (χ1n) is 13.5. The summed E-state index contributed by atoms with van der Waals surface area (Å²) in [5.41, 5.74) is 1.64. The van der Waals surface area contributed by atoms with Gasteiger partial charge in [-0.05, 0) is 57.9 Å². The van der Waals surface area contributed by atoms with Gasteiger partial charge in [-0.25, -0.2) is 0 Å². The van der Waals surface area contributed by atoms with E-state index in [2.05, 4.69) is 0 Å². The van der Waals surface area contributed by atoms with Crippen LogP contribution in [0, 0.1) is 0 Å². The third kappa shape index (κ3) is 5.57. The lowest BCUT2D eigenvalue weighted by Crippen LogP contribution is -2.21. The van der Waals surface area contributed by atoms with Crippen molar-refractivity contribution in [3.63, 3.8) is 0 Å². The second-order valence-corrected chi connectivity index (χ2v) is 9.59. The minimum atomic E-state index is -0.162. The van der Waals surface area contributed by atoms with Gasteiger partial charge < -0.3 is 28.4 Å². The van der Waals surface area contributed by atoms with E-state index < -0.39 is 0 Å². The minimum Gasteiger partial charge on any atom is -0.487 e. The van der Waals surface area contributed by atoms with E-state index in [1.165, 1.54) is 0 Å². The SMILES string of the molecule is O=C1c2cc3ccccc3cc2C(=O)c2cc3cc4c(cc3cc21)OCCOCCOCCOCCOCCO4. The highest BCUT2D eigenvalue weighted by molar-refractivity contribution is 6.30. The van der Waals surface area contributed by atoms with E-state index in [-0.39, 0.29) is 11.6 Å². The Labute approximate surface area is 231 Å². The summed E-state index contributed by atoms with van der Waals surface area (Å²) in [6, 6.07) is 18.6. The first kappa shape index (κ1) is 26.4. The Kier molecular flexibility index (Phi) is 8.02. The number of rotatable bonds is 0. The number of fused-ring (bicyclic) bond motifs is 5. The van der Waals surface area contributed by atoms with Crippen molar-refractivity contribution in [3.8, 4) is 11.5 Å². The number of carbonyl (C=O) groups is 2. The molecule has 0 radical (unpaired) electrons. The highest BCUT2D eigenvalue weighted by Gasteiger charge is 2.30. The zero-order valence-electron chi connectivity index (χ0n) is 22.1. The van der Waals surface area contributed by atoms with Gasteiger partial charge in [0.2, 0.25) is 0 Å². The molecular weight excluding hydrogens is 512 g/mol. The van der Waals surface area contributed by atoms with Gasteiger partial charge in [-0.3, -0.25) is 9.59 Å². The monoisotopic (exact) mass is 542 g/mol. The highest BCUT2D eigenvalue weighted by Crippen LogP contribution is 2.37. The van der Waals surface area contributed by atoms with Gasteiger partial charge in [-0.1, -0.05) is 24.3 Å². The molecular formula is C32H30O8.